The van der Waals surface area contributed by atoms with Crippen molar-refractivity contribution in [3.05, 3.63) is 47.0 Å². The quantitative estimate of drug-likeness (QED) is 0.709. The molecule has 2 aliphatic carbocycles. The van der Waals surface area contributed by atoms with Crippen molar-refractivity contribution in [3.63, 3.8) is 0 Å². The van der Waals surface area contributed by atoms with E-state index in [0.717, 1.165) is 23.1 Å². The molecular weight excluding hydrogens is 246 g/mol. The molecule has 0 radical (unpaired) electrons. The van der Waals surface area contributed by atoms with Crippen molar-refractivity contribution in [2.45, 2.75) is 12.5 Å². The second-order valence-corrected chi connectivity index (χ2v) is 5.79. The van der Waals surface area contributed by atoms with E-state index in [9.17, 15) is 0 Å². The summed E-state index contributed by atoms with van der Waals surface area (Å²) in [5, 5.41) is 0.730. The number of rotatable bonds is 1. The molecule has 0 saturated heterocycles. The molecule has 1 aromatic carbocycles. The van der Waals surface area contributed by atoms with Crippen LogP contribution in [0.5, 0.6) is 0 Å². The van der Waals surface area contributed by atoms with Crippen LogP contribution in [0, 0.1) is 17.8 Å². The van der Waals surface area contributed by atoms with Gasteiger partial charge in [0.05, 0.1) is 12.6 Å². The third kappa shape index (κ3) is 1.52. The largest absolute Gasteiger partial charge is 0.477 e. The third-order valence-electron chi connectivity index (χ3n) is 4.33. The van der Waals surface area contributed by atoms with E-state index in [1.54, 1.807) is 0 Å². The van der Waals surface area contributed by atoms with Crippen molar-refractivity contribution in [1.29, 1.82) is 0 Å². The van der Waals surface area contributed by atoms with Crippen LogP contribution in [-0.2, 0) is 4.74 Å². The average Bonchev–Trinajstić information content (AvgIpc) is 3.00. The minimum absolute atomic E-state index is 0.419. The van der Waals surface area contributed by atoms with Gasteiger partial charge in [0.1, 0.15) is 0 Å². The van der Waals surface area contributed by atoms with E-state index in [4.69, 9.17) is 21.3 Å². The molecule has 0 amide bonds. The van der Waals surface area contributed by atoms with E-state index in [0.29, 0.717) is 23.8 Å². The Kier molecular flexibility index (Phi) is 2.28. The number of halogens is 1. The predicted molar refractivity (Wildman–Crippen MR) is 72.0 cm³/mol. The number of benzene rings is 1. The molecule has 1 aromatic rings. The Morgan fingerprint density at radius 3 is 3.00 bits per heavy atom. The standard InChI is InChI=1S/C15H14ClNO/c16-12-3-1-2-11(7-12)15-17-14-10-5-4-9(6-10)13(14)8-18-15/h1-5,7,9-10,13-14H,6,8H2/t9-,10+,13+,14-/m0/s1. The number of hydrogen-bond acceptors (Lipinski definition) is 2. The lowest BCUT2D eigenvalue weighted by atomic mass is 9.89. The van der Waals surface area contributed by atoms with Gasteiger partial charge in [0.2, 0.25) is 5.90 Å². The van der Waals surface area contributed by atoms with Crippen LogP contribution in [0.15, 0.2) is 41.4 Å². The van der Waals surface area contributed by atoms with Gasteiger partial charge in [-0.3, -0.25) is 0 Å². The second-order valence-electron chi connectivity index (χ2n) is 5.36. The van der Waals surface area contributed by atoms with Gasteiger partial charge in [0.15, 0.2) is 0 Å². The fourth-order valence-electron chi connectivity index (χ4n) is 3.44. The summed E-state index contributed by atoms with van der Waals surface area (Å²) in [5.74, 6) is 2.66. The Labute approximate surface area is 111 Å². The van der Waals surface area contributed by atoms with Crippen molar-refractivity contribution >= 4 is 17.5 Å². The van der Waals surface area contributed by atoms with Crippen molar-refractivity contribution < 1.29 is 4.74 Å². The smallest absolute Gasteiger partial charge is 0.216 e. The normalized spacial score (nSPS) is 36.2. The molecule has 1 fully saturated rings. The van der Waals surface area contributed by atoms with Crippen LogP contribution < -0.4 is 0 Å². The zero-order chi connectivity index (χ0) is 12.1. The van der Waals surface area contributed by atoms with Crippen LogP contribution >= 0.6 is 11.6 Å². The summed E-state index contributed by atoms with van der Waals surface area (Å²) in [6.45, 7) is 0.793. The van der Waals surface area contributed by atoms with Gasteiger partial charge in [0, 0.05) is 22.4 Å². The molecule has 1 aliphatic heterocycles. The molecule has 2 nitrogen and oxygen atoms in total. The molecule has 3 aliphatic rings. The molecule has 1 heterocycles. The summed E-state index contributed by atoms with van der Waals surface area (Å²) >= 11 is 6.02. The van der Waals surface area contributed by atoms with E-state index in [2.05, 4.69) is 12.2 Å². The first kappa shape index (κ1) is 10.6. The van der Waals surface area contributed by atoms with Gasteiger partial charge in [-0.2, -0.15) is 0 Å². The zero-order valence-corrected chi connectivity index (χ0v) is 10.7. The molecule has 0 unspecified atom stereocenters. The lowest BCUT2D eigenvalue weighted by Gasteiger charge is -2.30. The molecule has 3 heteroatoms. The summed E-state index contributed by atoms with van der Waals surface area (Å²) in [5.41, 5.74) is 0.993. The number of nitrogens with zero attached hydrogens (tertiary/aromatic N) is 1. The van der Waals surface area contributed by atoms with Gasteiger partial charge in [-0.25, -0.2) is 4.99 Å². The first-order valence-electron chi connectivity index (χ1n) is 6.46. The Morgan fingerprint density at radius 2 is 2.11 bits per heavy atom. The SMILES string of the molecule is Clc1cccc(C2=N[C@@H]3[C@H](CO2)[C@H]2C=C[C@@H]3C2)c1. The van der Waals surface area contributed by atoms with Crippen LogP contribution in [0.2, 0.25) is 5.02 Å². The van der Waals surface area contributed by atoms with Gasteiger partial charge in [-0.05, 0) is 30.5 Å². The number of aliphatic imine (C=N–C) groups is 1. The monoisotopic (exact) mass is 259 g/mol. The summed E-state index contributed by atoms with van der Waals surface area (Å²) in [6, 6.07) is 8.16. The van der Waals surface area contributed by atoms with Crippen LogP contribution in [0.1, 0.15) is 12.0 Å². The van der Waals surface area contributed by atoms with E-state index in [1.807, 2.05) is 24.3 Å². The highest BCUT2D eigenvalue weighted by Gasteiger charge is 2.46. The maximum Gasteiger partial charge on any atom is 0.216 e. The van der Waals surface area contributed by atoms with Crippen molar-refractivity contribution in [3.8, 4) is 0 Å². The highest BCUT2D eigenvalue weighted by atomic mass is 35.5. The molecule has 18 heavy (non-hydrogen) atoms. The van der Waals surface area contributed by atoms with Gasteiger partial charge >= 0.3 is 0 Å². The Bertz CT molecular complexity index is 551. The topological polar surface area (TPSA) is 21.6 Å². The molecule has 4 atom stereocenters. The van der Waals surface area contributed by atoms with Gasteiger partial charge < -0.3 is 4.74 Å². The van der Waals surface area contributed by atoms with Crippen molar-refractivity contribution in [2.75, 3.05) is 6.61 Å². The molecular formula is C15H14ClNO. The molecule has 4 rings (SSSR count). The highest BCUT2D eigenvalue weighted by Crippen LogP contribution is 2.47. The van der Waals surface area contributed by atoms with Crippen molar-refractivity contribution in [2.24, 2.45) is 22.7 Å². The minimum Gasteiger partial charge on any atom is -0.477 e. The maximum absolute atomic E-state index is 6.02. The predicted octanol–water partition coefficient (Wildman–Crippen LogP) is 3.31. The molecule has 92 valence electrons. The lowest BCUT2D eigenvalue weighted by molar-refractivity contribution is 0.178. The molecule has 1 saturated carbocycles. The summed E-state index contributed by atoms with van der Waals surface area (Å²) < 4.78 is 5.84. The zero-order valence-electron chi connectivity index (χ0n) is 9.92. The fourth-order valence-corrected chi connectivity index (χ4v) is 3.63. The van der Waals surface area contributed by atoms with E-state index < -0.39 is 0 Å². The van der Waals surface area contributed by atoms with Crippen molar-refractivity contribution in [1.82, 2.24) is 0 Å². The average molecular weight is 260 g/mol. The van der Waals surface area contributed by atoms with E-state index >= 15 is 0 Å². The van der Waals surface area contributed by atoms with Gasteiger partial charge in [-0.1, -0.05) is 29.8 Å². The van der Waals surface area contributed by atoms with E-state index in [1.165, 1.54) is 6.42 Å². The van der Waals surface area contributed by atoms with Crippen LogP contribution in [0.25, 0.3) is 0 Å². The summed E-state index contributed by atoms with van der Waals surface area (Å²) in [4.78, 5) is 4.82. The molecule has 2 bridgehead atoms. The Morgan fingerprint density at radius 1 is 1.22 bits per heavy atom. The van der Waals surface area contributed by atoms with Crippen LogP contribution in [0.3, 0.4) is 0 Å². The van der Waals surface area contributed by atoms with Crippen LogP contribution in [-0.4, -0.2) is 18.5 Å². The first-order chi connectivity index (χ1) is 8.81. The summed E-state index contributed by atoms with van der Waals surface area (Å²) in [7, 11) is 0. The summed E-state index contributed by atoms with van der Waals surface area (Å²) in [6.07, 6.45) is 5.93. The Balaban J connectivity index is 1.69. The number of hydrogen-bond donors (Lipinski definition) is 0. The molecule has 0 N–H and O–H groups in total. The lowest BCUT2D eigenvalue weighted by Crippen LogP contribution is -2.34. The number of ether oxygens (including phenoxy) is 1. The maximum atomic E-state index is 6.02. The van der Waals surface area contributed by atoms with Crippen LogP contribution in [0.4, 0.5) is 0 Å². The second kappa shape index (κ2) is 3.86. The van der Waals surface area contributed by atoms with E-state index in [-0.39, 0.29) is 0 Å². The fraction of sp³-hybridized carbons (Fsp3) is 0.400. The minimum atomic E-state index is 0.419. The molecule has 0 spiro atoms. The number of allylic oxidation sites excluding steroid dienone is 1. The first-order valence-corrected chi connectivity index (χ1v) is 6.84. The molecule has 0 aromatic heterocycles. The Hall–Kier alpha value is -1.28. The van der Waals surface area contributed by atoms with Gasteiger partial charge in [-0.15, -0.1) is 0 Å². The highest BCUT2D eigenvalue weighted by molar-refractivity contribution is 6.30. The number of fused-ring (bicyclic) bond motifs is 5. The van der Waals surface area contributed by atoms with Gasteiger partial charge in [0.25, 0.3) is 0 Å². The third-order valence-corrected chi connectivity index (χ3v) is 4.56.